The molecule has 0 saturated heterocycles. The van der Waals surface area contributed by atoms with Crippen LogP contribution in [-0.4, -0.2) is 20.7 Å². The largest absolute Gasteiger partial charge is 0.351 e. The van der Waals surface area contributed by atoms with Crippen LogP contribution in [0.2, 0.25) is 0 Å². The topological polar surface area (TPSA) is 85.8 Å². The molecule has 1 aliphatic carbocycles. The summed E-state index contributed by atoms with van der Waals surface area (Å²) >= 11 is 0. The Morgan fingerprint density at radius 2 is 2.08 bits per heavy atom. The molecule has 25 heavy (non-hydrogen) atoms. The Morgan fingerprint density at radius 3 is 2.76 bits per heavy atom. The quantitative estimate of drug-likeness (QED) is 0.660. The molecule has 2 heterocycles. The molecule has 1 saturated carbocycles. The summed E-state index contributed by atoms with van der Waals surface area (Å²) in [6.07, 6.45) is 13.4. The van der Waals surface area contributed by atoms with Crippen molar-refractivity contribution < 1.29 is 0 Å². The van der Waals surface area contributed by atoms with Crippen molar-refractivity contribution in [3.63, 3.8) is 0 Å². The van der Waals surface area contributed by atoms with Gasteiger partial charge >= 0.3 is 0 Å². The van der Waals surface area contributed by atoms with Crippen LogP contribution in [0.3, 0.4) is 0 Å². The number of fused-ring (bicyclic) bond motifs is 1. The highest BCUT2D eigenvalue weighted by molar-refractivity contribution is 5.83. The van der Waals surface area contributed by atoms with Crippen molar-refractivity contribution in [1.82, 2.24) is 14.6 Å². The summed E-state index contributed by atoms with van der Waals surface area (Å²) in [5, 5.41) is 4.12. The van der Waals surface area contributed by atoms with E-state index >= 15 is 0 Å². The van der Waals surface area contributed by atoms with Gasteiger partial charge in [-0.1, -0.05) is 37.5 Å². The van der Waals surface area contributed by atoms with E-state index in [4.69, 9.17) is 5.84 Å². The molecule has 2 aromatic rings. The van der Waals surface area contributed by atoms with Gasteiger partial charge in [-0.2, -0.15) is 4.98 Å². The minimum atomic E-state index is -0.263. The monoisotopic (exact) mass is 339 g/mol. The van der Waals surface area contributed by atoms with E-state index in [1.165, 1.54) is 19.3 Å². The summed E-state index contributed by atoms with van der Waals surface area (Å²) in [6, 6.07) is 2.20. The Balaban J connectivity index is 2.00. The second-order valence-corrected chi connectivity index (χ2v) is 6.43. The number of nitrogen functional groups attached to an aromatic ring is 1. The average molecular weight is 339 g/mol. The molecule has 1 aliphatic rings. The van der Waals surface area contributed by atoms with Gasteiger partial charge < -0.3 is 11.2 Å². The van der Waals surface area contributed by atoms with Gasteiger partial charge in [0.1, 0.15) is 0 Å². The molecule has 3 rings (SSSR count). The Kier molecular flexibility index (Phi) is 5.16. The predicted octanol–water partition coefficient (Wildman–Crippen LogP) is 3.23. The third-order valence-electron chi connectivity index (χ3n) is 4.68. The summed E-state index contributed by atoms with van der Waals surface area (Å²) in [4.78, 5) is 21.5. The lowest BCUT2D eigenvalue weighted by molar-refractivity contribution is 0.461. The van der Waals surface area contributed by atoms with Crippen molar-refractivity contribution in [3.8, 4) is 0 Å². The second-order valence-electron chi connectivity index (χ2n) is 6.43. The number of allylic oxidation sites excluding steroid dienone is 4. The fraction of sp³-hybridized carbons (Fsp3) is 0.421. The Labute approximate surface area is 147 Å². The summed E-state index contributed by atoms with van der Waals surface area (Å²) in [5.74, 6) is 6.58. The van der Waals surface area contributed by atoms with Gasteiger partial charge in [0.25, 0.3) is 5.56 Å². The number of aromatic nitrogens is 3. The van der Waals surface area contributed by atoms with Gasteiger partial charge in [-0.05, 0) is 38.3 Å². The van der Waals surface area contributed by atoms with Crippen molar-refractivity contribution in [1.29, 1.82) is 0 Å². The number of nitrogens with one attached hydrogen (secondary N) is 1. The molecule has 0 amide bonds. The molecule has 3 N–H and O–H groups in total. The van der Waals surface area contributed by atoms with Crippen LogP contribution >= 0.6 is 0 Å². The van der Waals surface area contributed by atoms with Crippen LogP contribution in [0.25, 0.3) is 16.6 Å². The summed E-state index contributed by atoms with van der Waals surface area (Å²) in [6.45, 7) is 3.81. The van der Waals surface area contributed by atoms with Crippen LogP contribution in [0.5, 0.6) is 0 Å². The van der Waals surface area contributed by atoms with Gasteiger partial charge in [0, 0.05) is 23.2 Å². The summed E-state index contributed by atoms with van der Waals surface area (Å²) in [7, 11) is 0. The minimum absolute atomic E-state index is 0.263. The molecule has 0 aromatic carbocycles. The lowest BCUT2D eigenvalue weighted by Crippen LogP contribution is -2.31. The number of hydrogen-bond donors (Lipinski definition) is 2. The maximum Gasteiger partial charge on any atom is 0.278 e. The van der Waals surface area contributed by atoms with Gasteiger partial charge in [0.2, 0.25) is 5.95 Å². The lowest BCUT2D eigenvalue weighted by Gasteiger charge is -2.22. The molecular weight excluding hydrogens is 314 g/mol. The fourth-order valence-corrected chi connectivity index (χ4v) is 3.35. The molecular formula is C19H25N5O. The highest BCUT2D eigenvalue weighted by atomic mass is 16.1. The third-order valence-corrected chi connectivity index (χ3v) is 4.68. The first-order valence-corrected chi connectivity index (χ1v) is 8.88. The number of rotatable bonds is 4. The molecule has 0 unspecified atom stereocenters. The van der Waals surface area contributed by atoms with Crippen LogP contribution in [0.1, 0.15) is 51.5 Å². The molecule has 0 spiro atoms. The van der Waals surface area contributed by atoms with Crippen LogP contribution in [0.4, 0.5) is 5.95 Å². The molecule has 2 aromatic heterocycles. The lowest BCUT2D eigenvalue weighted by atomic mass is 9.96. The minimum Gasteiger partial charge on any atom is -0.351 e. The molecule has 1 fully saturated rings. The number of pyridine rings is 1. The maximum absolute atomic E-state index is 12.6. The van der Waals surface area contributed by atoms with E-state index in [1.807, 2.05) is 32.1 Å². The molecule has 132 valence electrons. The Bertz CT molecular complexity index is 875. The standard InChI is InChI=1S/C19H25N5O/c1-3-8-13(4-2)16-11-14-12-21-19(22-15-9-6-5-7-10-15)23-17(14)24(20)18(16)25/h3-4,8,11-12,15H,5-7,9-10,20H2,1-2H3,(H,21,22,23)/b8-3-,13-4+. The zero-order valence-electron chi connectivity index (χ0n) is 14.8. The fourth-order valence-electron chi connectivity index (χ4n) is 3.35. The molecule has 0 radical (unpaired) electrons. The van der Waals surface area contributed by atoms with Gasteiger partial charge in [-0.25, -0.2) is 9.66 Å². The molecule has 6 heteroatoms. The Hall–Kier alpha value is -2.63. The van der Waals surface area contributed by atoms with Crippen molar-refractivity contribution in [2.75, 3.05) is 11.2 Å². The second kappa shape index (κ2) is 7.51. The third kappa shape index (κ3) is 3.57. The zero-order valence-corrected chi connectivity index (χ0v) is 14.8. The zero-order chi connectivity index (χ0) is 17.8. The van der Waals surface area contributed by atoms with Crippen molar-refractivity contribution in [3.05, 3.63) is 46.4 Å². The van der Waals surface area contributed by atoms with E-state index in [0.29, 0.717) is 23.2 Å². The van der Waals surface area contributed by atoms with Crippen molar-refractivity contribution in [2.45, 2.75) is 52.0 Å². The first-order chi connectivity index (χ1) is 12.1. The normalized spacial score (nSPS) is 16.6. The number of anilines is 1. The SMILES string of the molecule is C/C=C\C(=C/C)c1cc2cnc(NC3CCCCC3)nc2n(N)c1=O. The van der Waals surface area contributed by atoms with Crippen molar-refractivity contribution in [2.24, 2.45) is 0 Å². The first-order valence-electron chi connectivity index (χ1n) is 8.88. The van der Waals surface area contributed by atoms with Gasteiger partial charge in [-0.15, -0.1) is 0 Å². The number of hydrogen-bond acceptors (Lipinski definition) is 5. The smallest absolute Gasteiger partial charge is 0.278 e. The van der Waals surface area contributed by atoms with E-state index in [2.05, 4.69) is 15.3 Å². The van der Waals surface area contributed by atoms with Crippen LogP contribution in [0.15, 0.2) is 35.3 Å². The van der Waals surface area contributed by atoms with E-state index in [0.717, 1.165) is 28.5 Å². The highest BCUT2D eigenvalue weighted by Crippen LogP contribution is 2.21. The summed E-state index contributed by atoms with van der Waals surface area (Å²) < 4.78 is 1.12. The Morgan fingerprint density at radius 1 is 1.32 bits per heavy atom. The first kappa shape index (κ1) is 17.2. The van der Waals surface area contributed by atoms with Crippen LogP contribution < -0.4 is 16.7 Å². The van der Waals surface area contributed by atoms with Gasteiger partial charge in [0.05, 0.1) is 0 Å². The average Bonchev–Trinajstić information content (AvgIpc) is 2.64. The molecule has 0 aliphatic heterocycles. The van der Waals surface area contributed by atoms with Crippen LogP contribution in [-0.2, 0) is 0 Å². The van der Waals surface area contributed by atoms with Crippen LogP contribution in [0, 0.1) is 0 Å². The number of nitrogens with two attached hydrogens (primary N) is 1. The van der Waals surface area contributed by atoms with E-state index in [9.17, 15) is 4.79 Å². The summed E-state index contributed by atoms with van der Waals surface area (Å²) in [5.41, 5.74) is 1.56. The predicted molar refractivity (Wildman–Crippen MR) is 103 cm³/mol. The van der Waals surface area contributed by atoms with Gasteiger partial charge in [-0.3, -0.25) is 4.79 Å². The highest BCUT2D eigenvalue weighted by Gasteiger charge is 2.16. The molecule has 0 bridgehead atoms. The molecule has 0 atom stereocenters. The van der Waals surface area contributed by atoms with Crippen molar-refractivity contribution >= 4 is 22.6 Å². The van der Waals surface area contributed by atoms with Gasteiger partial charge in [0.15, 0.2) is 5.65 Å². The van der Waals surface area contributed by atoms with E-state index in [1.54, 1.807) is 12.3 Å². The number of nitrogens with zero attached hydrogens (tertiary/aromatic N) is 3. The maximum atomic E-state index is 12.6. The van der Waals surface area contributed by atoms with E-state index in [-0.39, 0.29) is 5.56 Å². The molecule has 6 nitrogen and oxygen atoms in total. The van der Waals surface area contributed by atoms with E-state index < -0.39 is 0 Å².